The van der Waals surface area contributed by atoms with Crippen LogP contribution in [0.1, 0.15) is 29.1 Å². The molecule has 0 bridgehead atoms. The first kappa shape index (κ1) is 13.9. The molecule has 1 aromatic heterocycles. The topological polar surface area (TPSA) is 71.3 Å². The first-order valence-electron chi connectivity index (χ1n) is 6.33. The van der Waals surface area contributed by atoms with Crippen molar-refractivity contribution in [2.75, 3.05) is 6.54 Å². The van der Waals surface area contributed by atoms with Gasteiger partial charge in [0.2, 0.25) is 5.91 Å². The molecule has 5 nitrogen and oxygen atoms in total. The van der Waals surface area contributed by atoms with Gasteiger partial charge in [0.15, 0.2) is 0 Å². The first-order chi connectivity index (χ1) is 9.66. The standard InChI is InChI=1S/C15H16N2O3/c1-11(13-8-5-9-20-13)17-14(18)10-16-15(19)12-6-3-2-4-7-12/h2-9,11H,10H2,1H3,(H,16,19)(H,17,18)/t11-/m1/s1. The van der Waals surface area contributed by atoms with Crippen LogP contribution in [0.15, 0.2) is 53.1 Å². The Kier molecular flexibility index (Phi) is 4.55. The Hall–Kier alpha value is -2.56. The van der Waals surface area contributed by atoms with Gasteiger partial charge in [0.05, 0.1) is 18.8 Å². The lowest BCUT2D eigenvalue weighted by atomic mass is 10.2. The number of amides is 2. The van der Waals surface area contributed by atoms with Crippen molar-refractivity contribution in [1.82, 2.24) is 10.6 Å². The van der Waals surface area contributed by atoms with E-state index >= 15 is 0 Å². The van der Waals surface area contributed by atoms with E-state index in [2.05, 4.69) is 10.6 Å². The van der Waals surface area contributed by atoms with Gasteiger partial charge in [-0.2, -0.15) is 0 Å². The zero-order valence-electron chi connectivity index (χ0n) is 11.1. The maximum absolute atomic E-state index is 11.8. The highest BCUT2D eigenvalue weighted by molar-refractivity contribution is 5.96. The fourth-order valence-corrected chi connectivity index (χ4v) is 1.75. The summed E-state index contributed by atoms with van der Waals surface area (Å²) in [6.45, 7) is 1.74. The van der Waals surface area contributed by atoms with Gasteiger partial charge in [0.25, 0.3) is 5.91 Å². The molecule has 0 aliphatic heterocycles. The normalized spacial score (nSPS) is 11.7. The van der Waals surface area contributed by atoms with E-state index in [1.54, 1.807) is 42.7 Å². The Morgan fingerprint density at radius 2 is 1.90 bits per heavy atom. The van der Waals surface area contributed by atoms with Crippen molar-refractivity contribution in [3.63, 3.8) is 0 Å². The van der Waals surface area contributed by atoms with Crippen molar-refractivity contribution in [1.29, 1.82) is 0 Å². The molecule has 1 atom stereocenters. The fraction of sp³-hybridized carbons (Fsp3) is 0.200. The number of nitrogens with one attached hydrogen (secondary N) is 2. The van der Waals surface area contributed by atoms with Gasteiger partial charge in [0, 0.05) is 5.56 Å². The van der Waals surface area contributed by atoms with Gasteiger partial charge < -0.3 is 15.1 Å². The summed E-state index contributed by atoms with van der Waals surface area (Å²) in [6, 6.07) is 12.1. The van der Waals surface area contributed by atoms with Gasteiger partial charge in [-0.15, -0.1) is 0 Å². The molecule has 2 amide bonds. The van der Waals surface area contributed by atoms with Crippen LogP contribution in [0.4, 0.5) is 0 Å². The number of carbonyl (C=O) groups excluding carboxylic acids is 2. The molecule has 1 heterocycles. The minimum atomic E-state index is -0.272. The lowest BCUT2D eigenvalue weighted by Crippen LogP contribution is -2.37. The van der Waals surface area contributed by atoms with E-state index in [1.807, 2.05) is 13.0 Å². The highest BCUT2D eigenvalue weighted by atomic mass is 16.3. The molecule has 0 spiro atoms. The summed E-state index contributed by atoms with van der Waals surface area (Å²) in [4.78, 5) is 23.5. The molecule has 0 saturated carbocycles. The minimum Gasteiger partial charge on any atom is -0.467 e. The summed E-state index contributed by atoms with van der Waals surface area (Å²) >= 11 is 0. The Balaban J connectivity index is 1.79. The Morgan fingerprint density at radius 3 is 2.55 bits per heavy atom. The molecule has 2 N–H and O–H groups in total. The van der Waals surface area contributed by atoms with Crippen molar-refractivity contribution in [3.8, 4) is 0 Å². The average molecular weight is 272 g/mol. The van der Waals surface area contributed by atoms with Gasteiger partial charge in [-0.3, -0.25) is 9.59 Å². The van der Waals surface area contributed by atoms with Crippen molar-refractivity contribution in [2.24, 2.45) is 0 Å². The maximum atomic E-state index is 11.8. The number of benzene rings is 1. The number of carbonyl (C=O) groups is 2. The van der Waals surface area contributed by atoms with Crippen molar-refractivity contribution >= 4 is 11.8 Å². The van der Waals surface area contributed by atoms with Crippen LogP contribution in [-0.4, -0.2) is 18.4 Å². The molecule has 0 aliphatic carbocycles. The number of furan rings is 1. The maximum Gasteiger partial charge on any atom is 0.251 e. The van der Waals surface area contributed by atoms with Crippen molar-refractivity contribution in [3.05, 3.63) is 60.1 Å². The molecule has 1 aromatic carbocycles. The van der Waals surface area contributed by atoms with Gasteiger partial charge in [-0.25, -0.2) is 0 Å². The second-order valence-electron chi connectivity index (χ2n) is 4.35. The zero-order valence-corrected chi connectivity index (χ0v) is 11.1. The van der Waals surface area contributed by atoms with Crippen LogP contribution in [0.5, 0.6) is 0 Å². The van der Waals surface area contributed by atoms with Gasteiger partial charge in [-0.05, 0) is 31.2 Å². The molecular formula is C15H16N2O3. The lowest BCUT2D eigenvalue weighted by molar-refractivity contribution is -0.120. The highest BCUT2D eigenvalue weighted by Gasteiger charge is 2.12. The largest absolute Gasteiger partial charge is 0.467 e. The summed E-state index contributed by atoms with van der Waals surface area (Å²) in [7, 11) is 0. The molecular weight excluding hydrogens is 256 g/mol. The molecule has 0 radical (unpaired) electrons. The van der Waals surface area contributed by atoms with E-state index < -0.39 is 0 Å². The van der Waals surface area contributed by atoms with Crippen LogP contribution in [0, 0.1) is 0 Å². The van der Waals surface area contributed by atoms with E-state index in [1.165, 1.54) is 0 Å². The second kappa shape index (κ2) is 6.56. The summed E-state index contributed by atoms with van der Waals surface area (Å²) in [5, 5.41) is 5.31. The van der Waals surface area contributed by atoms with Crippen LogP contribution >= 0.6 is 0 Å². The predicted molar refractivity (Wildman–Crippen MR) is 74.0 cm³/mol. The fourth-order valence-electron chi connectivity index (χ4n) is 1.75. The smallest absolute Gasteiger partial charge is 0.251 e. The predicted octanol–water partition coefficient (Wildman–Crippen LogP) is 1.89. The third kappa shape index (κ3) is 3.71. The number of hydrogen-bond acceptors (Lipinski definition) is 3. The average Bonchev–Trinajstić information content (AvgIpc) is 3.00. The zero-order chi connectivity index (χ0) is 14.4. The minimum absolute atomic E-state index is 0.0707. The summed E-state index contributed by atoms with van der Waals surface area (Å²) in [6.07, 6.45) is 1.55. The van der Waals surface area contributed by atoms with E-state index in [4.69, 9.17) is 4.42 Å². The van der Waals surface area contributed by atoms with Crippen molar-refractivity contribution in [2.45, 2.75) is 13.0 Å². The monoisotopic (exact) mass is 272 g/mol. The molecule has 0 saturated heterocycles. The molecule has 0 aliphatic rings. The van der Waals surface area contributed by atoms with Crippen molar-refractivity contribution < 1.29 is 14.0 Å². The van der Waals surface area contributed by atoms with E-state index in [-0.39, 0.29) is 24.4 Å². The number of hydrogen-bond donors (Lipinski definition) is 2. The Morgan fingerprint density at radius 1 is 1.15 bits per heavy atom. The van der Waals surface area contributed by atoms with E-state index in [0.717, 1.165) is 0 Å². The SMILES string of the molecule is C[C@@H](NC(=O)CNC(=O)c1ccccc1)c1ccco1. The van der Waals surface area contributed by atoms with Crippen LogP contribution in [0.2, 0.25) is 0 Å². The summed E-state index contributed by atoms with van der Waals surface area (Å²) < 4.78 is 5.19. The molecule has 20 heavy (non-hydrogen) atoms. The molecule has 104 valence electrons. The van der Waals surface area contributed by atoms with E-state index in [9.17, 15) is 9.59 Å². The first-order valence-corrected chi connectivity index (χ1v) is 6.33. The van der Waals surface area contributed by atoms with Gasteiger partial charge >= 0.3 is 0 Å². The Labute approximate surface area is 117 Å². The quantitative estimate of drug-likeness (QED) is 0.873. The molecule has 0 unspecified atom stereocenters. The number of rotatable bonds is 5. The highest BCUT2D eigenvalue weighted by Crippen LogP contribution is 2.11. The second-order valence-corrected chi connectivity index (χ2v) is 4.35. The van der Waals surface area contributed by atoms with Crippen LogP contribution in [0.25, 0.3) is 0 Å². The van der Waals surface area contributed by atoms with E-state index in [0.29, 0.717) is 11.3 Å². The van der Waals surface area contributed by atoms with Crippen LogP contribution in [-0.2, 0) is 4.79 Å². The van der Waals surface area contributed by atoms with Gasteiger partial charge in [0.1, 0.15) is 5.76 Å². The Bertz CT molecular complexity index is 564. The third-order valence-corrected chi connectivity index (χ3v) is 2.79. The molecule has 5 heteroatoms. The molecule has 2 aromatic rings. The summed E-state index contributed by atoms with van der Waals surface area (Å²) in [5.74, 6) is 0.136. The molecule has 0 fully saturated rings. The summed E-state index contributed by atoms with van der Waals surface area (Å²) in [5.41, 5.74) is 0.527. The van der Waals surface area contributed by atoms with Gasteiger partial charge in [-0.1, -0.05) is 18.2 Å². The molecule has 2 rings (SSSR count). The van der Waals surface area contributed by atoms with Crippen LogP contribution in [0.3, 0.4) is 0 Å². The lowest BCUT2D eigenvalue weighted by Gasteiger charge is -2.11. The third-order valence-electron chi connectivity index (χ3n) is 2.79. The van der Waals surface area contributed by atoms with Crippen LogP contribution < -0.4 is 10.6 Å².